The topological polar surface area (TPSA) is 36.0 Å². The number of piperidine rings is 1. The Labute approximate surface area is 160 Å². The van der Waals surface area contributed by atoms with Crippen molar-refractivity contribution in [1.82, 2.24) is 14.7 Å². The summed E-state index contributed by atoms with van der Waals surface area (Å²) in [7, 11) is 0. The molecule has 3 fully saturated rings. The molecule has 1 aliphatic carbocycles. The molecular formula is C21H39N3O2. The van der Waals surface area contributed by atoms with E-state index in [1.807, 2.05) is 0 Å². The Hall–Kier alpha value is -0.810. The van der Waals surface area contributed by atoms with Gasteiger partial charge in [-0.25, -0.2) is 4.79 Å². The van der Waals surface area contributed by atoms with Crippen molar-refractivity contribution in [3.63, 3.8) is 0 Å². The first-order valence-corrected chi connectivity index (χ1v) is 10.8. The maximum absolute atomic E-state index is 12.8. The zero-order chi connectivity index (χ0) is 18.7. The number of urea groups is 1. The van der Waals surface area contributed by atoms with E-state index in [9.17, 15) is 4.79 Å². The van der Waals surface area contributed by atoms with Crippen LogP contribution in [0.3, 0.4) is 0 Å². The van der Waals surface area contributed by atoms with E-state index in [1.165, 1.54) is 25.7 Å². The predicted octanol–water partition coefficient (Wildman–Crippen LogP) is 3.30. The Balaban J connectivity index is 1.39. The minimum atomic E-state index is 0.274. The van der Waals surface area contributed by atoms with Crippen molar-refractivity contribution >= 4 is 6.03 Å². The van der Waals surface area contributed by atoms with Gasteiger partial charge in [0.05, 0.1) is 12.7 Å². The van der Waals surface area contributed by atoms with Crippen molar-refractivity contribution in [3.05, 3.63) is 0 Å². The van der Waals surface area contributed by atoms with Crippen LogP contribution in [0.4, 0.5) is 4.79 Å². The van der Waals surface area contributed by atoms with Gasteiger partial charge in [-0.15, -0.1) is 0 Å². The lowest BCUT2D eigenvalue weighted by molar-refractivity contribution is 0.0239. The molecule has 0 atom stereocenters. The maximum atomic E-state index is 12.8. The number of piperazine rings is 1. The van der Waals surface area contributed by atoms with Crippen LogP contribution < -0.4 is 0 Å². The van der Waals surface area contributed by atoms with Gasteiger partial charge in [0.15, 0.2) is 0 Å². The molecule has 0 unspecified atom stereocenters. The molecule has 2 amide bonds. The monoisotopic (exact) mass is 365 g/mol. The molecule has 0 radical (unpaired) electrons. The van der Waals surface area contributed by atoms with Gasteiger partial charge in [-0.2, -0.15) is 0 Å². The van der Waals surface area contributed by atoms with Gasteiger partial charge >= 0.3 is 6.03 Å². The Morgan fingerprint density at radius 1 is 0.962 bits per heavy atom. The Bertz CT molecular complexity index is 460. The van der Waals surface area contributed by atoms with Gasteiger partial charge in [-0.1, -0.05) is 13.8 Å². The van der Waals surface area contributed by atoms with E-state index in [1.54, 1.807) is 0 Å². The van der Waals surface area contributed by atoms with E-state index in [0.717, 1.165) is 64.3 Å². The molecule has 0 N–H and O–H groups in total. The van der Waals surface area contributed by atoms with Crippen LogP contribution in [0.2, 0.25) is 0 Å². The lowest BCUT2D eigenvalue weighted by Gasteiger charge is -2.41. The average Bonchev–Trinajstić information content (AvgIpc) is 3.40. The van der Waals surface area contributed by atoms with E-state index >= 15 is 0 Å². The largest absolute Gasteiger partial charge is 0.378 e. The number of hydrogen-bond acceptors (Lipinski definition) is 3. The SMILES string of the molecule is CC(C)OCC1(CN2CCN(C(=O)N3CCC(C(C)C)CC3)CC2)CC1. The number of ether oxygens (including phenoxy) is 1. The molecule has 150 valence electrons. The van der Waals surface area contributed by atoms with Gasteiger partial charge in [0.1, 0.15) is 0 Å². The molecular weight excluding hydrogens is 326 g/mol. The van der Waals surface area contributed by atoms with Crippen molar-refractivity contribution < 1.29 is 9.53 Å². The summed E-state index contributed by atoms with van der Waals surface area (Å²) in [5.41, 5.74) is 0.398. The van der Waals surface area contributed by atoms with Gasteiger partial charge in [-0.05, 0) is 51.4 Å². The number of nitrogens with zero attached hydrogens (tertiary/aromatic N) is 3. The van der Waals surface area contributed by atoms with Crippen molar-refractivity contribution in [2.24, 2.45) is 17.3 Å². The van der Waals surface area contributed by atoms with Crippen LogP contribution in [0.15, 0.2) is 0 Å². The van der Waals surface area contributed by atoms with Gasteiger partial charge in [0.25, 0.3) is 0 Å². The first-order valence-electron chi connectivity index (χ1n) is 10.8. The predicted molar refractivity (Wildman–Crippen MR) is 105 cm³/mol. The second kappa shape index (κ2) is 8.47. The second-order valence-corrected chi connectivity index (χ2v) is 9.47. The lowest BCUT2D eigenvalue weighted by Crippen LogP contribution is -2.55. The number of carbonyl (C=O) groups excluding carboxylic acids is 1. The average molecular weight is 366 g/mol. The molecule has 2 aliphatic heterocycles. The van der Waals surface area contributed by atoms with Gasteiger partial charge in [-0.3, -0.25) is 4.90 Å². The third-order valence-electron chi connectivity index (χ3n) is 6.63. The summed E-state index contributed by atoms with van der Waals surface area (Å²) in [4.78, 5) is 19.5. The van der Waals surface area contributed by atoms with Gasteiger partial charge < -0.3 is 14.5 Å². The molecule has 0 bridgehead atoms. The first-order chi connectivity index (χ1) is 12.4. The maximum Gasteiger partial charge on any atom is 0.320 e. The van der Waals surface area contributed by atoms with Crippen molar-refractivity contribution in [1.29, 1.82) is 0 Å². The zero-order valence-electron chi connectivity index (χ0n) is 17.4. The van der Waals surface area contributed by atoms with E-state index < -0.39 is 0 Å². The molecule has 3 aliphatic rings. The summed E-state index contributed by atoms with van der Waals surface area (Å²) in [6.45, 7) is 16.5. The number of hydrogen-bond donors (Lipinski definition) is 0. The fourth-order valence-corrected chi connectivity index (χ4v) is 4.40. The molecule has 0 aromatic heterocycles. The molecule has 0 spiro atoms. The normalized spacial score (nSPS) is 24.5. The fraction of sp³-hybridized carbons (Fsp3) is 0.952. The molecule has 1 saturated carbocycles. The molecule has 2 saturated heterocycles. The molecule has 3 rings (SSSR count). The van der Waals surface area contributed by atoms with E-state index in [-0.39, 0.29) is 6.03 Å². The van der Waals surface area contributed by atoms with E-state index in [2.05, 4.69) is 42.4 Å². The van der Waals surface area contributed by atoms with Crippen molar-refractivity contribution in [2.75, 3.05) is 52.4 Å². The minimum Gasteiger partial charge on any atom is -0.378 e. The first kappa shape index (κ1) is 19.9. The summed E-state index contributed by atoms with van der Waals surface area (Å²) in [6.07, 6.45) is 5.25. The van der Waals surface area contributed by atoms with Crippen LogP contribution in [-0.4, -0.2) is 79.3 Å². The van der Waals surface area contributed by atoms with E-state index in [4.69, 9.17) is 4.74 Å². The van der Waals surface area contributed by atoms with Crippen LogP contribution in [0.1, 0.15) is 53.4 Å². The standard InChI is InChI=1S/C21H39N3O2/c1-17(2)19-5-9-23(10-6-19)20(25)24-13-11-22(12-14-24)15-21(7-8-21)16-26-18(3)4/h17-19H,5-16H2,1-4H3. The van der Waals surface area contributed by atoms with Crippen molar-refractivity contribution in [2.45, 2.75) is 59.5 Å². The Morgan fingerprint density at radius 2 is 1.54 bits per heavy atom. The highest BCUT2D eigenvalue weighted by Crippen LogP contribution is 2.46. The van der Waals surface area contributed by atoms with Crippen LogP contribution >= 0.6 is 0 Å². The fourth-order valence-electron chi connectivity index (χ4n) is 4.40. The third-order valence-corrected chi connectivity index (χ3v) is 6.63. The summed E-state index contributed by atoms with van der Waals surface area (Å²) < 4.78 is 5.88. The summed E-state index contributed by atoms with van der Waals surface area (Å²) in [5.74, 6) is 1.53. The number of likely N-dealkylation sites (tertiary alicyclic amines) is 1. The molecule has 5 heteroatoms. The zero-order valence-corrected chi connectivity index (χ0v) is 17.4. The molecule has 2 heterocycles. The summed E-state index contributed by atoms with van der Waals surface area (Å²) >= 11 is 0. The summed E-state index contributed by atoms with van der Waals surface area (Å²) in [5, 5.41) is 0. The van der Waals surface area contributed by atoms with Gasteiger partial charge in [0, 0.05) is 51.2 Å². The Morgan fingerprint density at radius 3 is 2.04 bits per heavy atom. The smallest absolute Gasteiger partial charge is 0.320 e. The summed E-state index contributed by atoms with van der Waals surface area (Å²) in [6, 6.07) is 0.274. The number of carbonyl (C=O) groups is 1. The highest BCUT2D eigenvalue weighted by Gasteiger charge is 2.44. The minimum absolute atomic E-state index is 0.274. The van der Waals surface area contributed by atoms with Gasteiger partial charge in [0.2, 0.25) is 0 Å². The third kappa shape index (κ3) is 5.13. The molecule has 5 nitrogen and oxygen atoms in total. The van der Waals surface area contributed by atoms with E-state index in [0.29, 0.717) is 11.5 Å². The van der Waals surface area contributed by atoms with Crippen molar-refractivity contribution in [3.8, 4) is 0 Å². The van der Waals surface area contributed by atoms with Crippen LogP contribution in [-0.2, 0) is 4.74 Å². The highest BCUT2D eigenvalue weighted by molar-refractivity contribution is 5.74. The Kier molecular flexibility index (Phi) is 6.50. The van der Waals surface area contributed by atoms with Crippen LogP contribution in [0.5, 0.6) is 0 Å². The second-order valence-electron chi connectivity index (χ2n) is 9.47. The number of rotatable bonds is 6. The molecule has 0 aromatic rings. The lowest BCUT2D eigenvalue weighted by atomic mass is 9.87. The number of amides is 2. The highest BCUT2D eigenvalue weighted by atomic mass is 16.5. The van der Waals surface area contributed by atoms with Crippen LogP contribution in [0.25, 0.3) is 0 Å². The molecule has 26 heavy (non-hydrogen) atoms. The van der Waals surface area contributed by atoms with Crippen LogP contribution in [0, 0.1) is 17.3 Å². The quantitative estimate of drug-likeness (QED) is 0.725. The molecule has 0 aromatic carbocycles.